The third-order valence-electron chi connectivity index (χ3n) is 8.88. The number of rotatable bonds is 8. The van der Waals surface area contributed by atoms with E-state index in [1.165, 1.54) is 11.1 Å². The van der Waals surface area contributed by atoms with Crippen LogP contribution < -0.4 is 14.5 Å². The van der Waals surface area contributed by atoms with Gasteiger partial charge in [-0.05, 0) is 55.7 Å². The van der Waals surface area contributed by atoms with Crippen molar-refractivity contribution in [1.82, 2.24) is 0 Å². The highest BCUT2D eigenvalue weighted by Gasteiger charge is 2.56. The monoisotopic (exact) mass is 580 g/mol. The molecule has 5 aromatic rings. The van der Waals surface area contributed by atoms with Gasteiger partial charge in [0.05, 0.1) is 11.3 Å². The fraction of sp³-hybridized carbons (Fsp3) is 0.205. The summed E-state index contributed by atoms with van der Waals surface area (Å²) in [5, 5.41) is 0. The first-order valence-electron chi connectivity index (χ1n) is 15.4. The molecule has 2 aliphatic heterocycles. The smallest absolute Gasteiger partial charge is 0.342 e. The van der Waals surface area contributed by atoms with Gasteiger partial charge in [-0.15, -0.1) is 0 Å². The van der Waals surface area contributed by atoms with Gasteiger partial charge in [-0.25, -0.2) is 4.79 Å². The lowest BCUT2D eigenvalue weighted by atomic mass is 9.76. The van der Waals surface area contributed by atoms with Crippen LogP contribution in [0.2, 0.25) is 0 Å². The second-order valence-corrected chi connectivity index (χ2v) is 11.5. The highest BCUT2D eigenvalue weighted by atomic mass is 16.6. The molecule has 0 radical (unpaired) electrons. The van der Waals surface area contributed by atoms with E-state index in [0.29, 0.717) is 30.2 Å². The molecule has 44 heavy (non-hydrogen) atoms. The van der Waals surface area contributed by atoms with Gasteiger partial charge in [0.1, 0.15) is 11.5 Å². The molecule has 0 bridgehead atoms. The van der Waals surface area contributed by atoms with Crippen molar-refractivity contribution in [1.29, 1.82) is 0 Å². The molecule has 5 aromatic carbocycles. The minimum absolute atomic E-state index is 0.308. The summed E-state index contributed by atoms with van der Waals surface area (Å²) in [6, 6.07) is 39.2. The van der Waals surface area contributed by atoms with Gasteiger partial charge in [-0.2, -0.15) is 0 Å². The summed E-state index contributed by atoms with van der Waals surface area (Å²) in [4.78, 5) is 19.1. The Balaban J connectivity index is 1.57. The molecule has 0 aromatic heterocycles. The number of benzene rings is 5. The molecule has 5 nitrogen and oxygen atoms in total. The second-order valence-electron chi connectivity index (χ2n) is 11.5. The molecule has 7 rings (SSSR count). The Morgan fingerprint density at radius 1 is 0.659 bits per heavy atom. The quantitative estimate of drug-likeness (QED) is 0.172. The molecule has 0 aliphatic carbocycles. The van der Waals surface area contributed by atoms with Gasteiger partial charge in [0, 0.05) is 48.6 Å². The largest absolute Gasteiger partial charge is 0.456 e. The Morgan fingerprint density at radius 2 is 1.16 bits per heavy atom. The van der Waals surface area contributed by atoms with Crippen LogP contribution in [-0.4, -0.2) is 19.1 Å². The topological polar surface area (TPSA) is 42.0 Å². The summed E-state index contributed by atoms with van der Waals surface area (Å²) in [6.07, 6.45) is 0. The number of aryl methyl sites for hydroxylation is 1. The number of anilines is 2. The standard InChI is InChI=1S/C39H36N2O3/c1-4-40(5-2)37-27(3)24-32(41(25-28-16-8-6-9-17-28)26-29-18-10-7-11-19-29)36-35(37)38(42)44-39(36)30-20-12-14-22-33(30)43-34-23-15-13-21-31(34)39/h6-24H,4-5,25-26H2,1-3H3. The molecule has 1 spiro atoms. The second kappa shape index (κ2) is 11.2. The maximum absolute atomic E-state index is 14.5. The molecule has 0 amide bonds. The van der Waals surface area contributed by atoms with Crippen molar-refractivity contribution in [3.8, 4) is 11.5 Å². The number of hydrogen-bond acceptors (Lipinski definition) is 5. The first kappa shape index (κ1) is 27.8. The van der Waals surface area contributed by atoms with Crippen molar-refractivity contribution >= 4 is 17.3 Å². The van der Waals surface area contributed by atoms with Crippen LogP contribution in [0.1, 0.15) is 57.6 Å². The number of fused-ring (bicyclic) bond motifs is 6. The van der Waals surface area contributed by atoms with Gasteiger partial charge in [0.25, 0.3) is 0 Å². The minimum Gasteiger partial charge on any atom is -0.456 e. The average Bonchev–Trinajstić information content (AvgIpc) is 3.36. The molecular weight excluding hydrogens is 544 g/mol. The zero-order chi connectivity index (χ0) is 30.3. The number of esters is 1. The van der Waals surface area contributed by atoms with Gasteiger partial charge >= 0.3 is 5.97 Å². The average molecular weight is 581 g/mol. The van der Waals surface area contributed by atoms with Crippen molar-refractivity contribution in [3.05, 3.63) is 154 Å². The van der Waals surface area contributed by atoms with Gasteiger partial charge in [-0.1, -0.05) is 97.1 Å². The van der Waals surface area contributed by atoms with Crippen molar-refractivity contribution in [3.63, 3.8) is 0 Å². The molecule has 0 saturated carbocycles. The van der Waals surface area contributed by atoms with E-state index in [1.54, 1.807) is 0 Å². The van der Waals surface area contributed by atoms with Crippen LogP contribution in [0.3, 0.4) is 0 Å². The summed E-state index contributed by atoms with van der Waals surface area (Å²) >= 11 is 0. The van der Waals surface area contributed by atoms with Gasteiger partial charge < -0.3 is 19.3 Å². The molecule has 5 heteroatoms. The Kier molecular flexibility index (Phi) is 7.09. The maximum atomic E-state index is 14.5. The summed E-state index contributed by atoms with van der Waals surface area (Å²) in [6.45, 7) is 9.26. The molecule has 0 N–H and O–H groups in total. The third-order valence-corrected chi connectivity index (χ3v) is 8.88. The number of carbonyl (C=O) groups is 1. The van der Waals surface area contributed by atoms with Crippen LogP contribution in [0, 0.1) is 6.92 Å². The lowest BCUT2D eigenvalue weighted by Crippen LogP contribution is -2.35. The zero-order valence-electron chi connectivity index (χ0n) is 25.4. The summed E-state index contributed by atoms with van der Waals surface area (Å²) < 4.78 is 13.2. The van der Waals surface area contributed by atoms with Crippen LogP contribution >= 0.6 is 0 Å². The molecule has 0 unspecified atom stereocenters. The number of para-hydroxylation sites is 2. The Bertz CT molecular complexity index is 1740. The molecular formula is C39H36N2O3. The van der Waals surface area contributed by atoms with E-state index in [9.17, 15) is 4.79 Å². The predicted molar refractivity (Wildman–Crippen MR) is 176 cm³/mol. The Morgan fingerprint density at radius 3 is 1.68 bits per heavy atom. The van der Waals surface area contributed by atoms with E-state index >= 15 is 0 Å². The van der Waals surface area contributed by atoms with Crippen molar-refractivity contribution < 1.29 is 14.3 Å². The van der Waals surface area contributed by atoms with E-state index in [0.717, 1.165) is 46.7 Å². The number of carbonyl (C=O) groups excluding carboxylic acids is 1. The van der Waals surface area contributed by atoms with Crippen LogP contribution in [0.25, 0.3) is 0 Å². The van der Waals surface area contributed by atoms with Crippen molar-refractivity contribution in [2.24, 2.45) is 0 Å². The van der Waals surface area contributed by atoms with Gasteiger partial charge in [0.15, 0.2) is 5.60 Å². The van der Waals surface area contributed by atoms with E-state index in [1.807, 2.05) is 60.7 Å². The molecule has 2 heterocycles. The van der Waals surface area contributed by atoms with E-state index in [4.69, 9.17) is 9.47 Å². The van der Waals surface area contributed by atoms with Crippen molar-refractivity contribution in [2.75, 3.05) is 22.9 Å². The fourth-order valence-corrected chi connectivity index (χ4v) is 6.95. The van der Waals surface area contributed by atoms with Gasteiger partial charge in [0.2, 0.25) is 0 Å². The van der Waals surface area contributed by atoms with E-state index in [-0.39, 0.29) is 5.97 Å². The van der Waals surface area contributed by atoms with E-state index in [2.05, 4.69) is 85.2 Å². The SMILES string of the molecule is CCN(CC)c1c(C)cc(N(Cc2ccccc2)Cc2ccccc2)c2c1C(=O)OC21c2ccccc2Oc2ccccc21. The van der Waals surface area contributed by atoms with Crippen molar-refractivity contribution in [2.45, 2.75) is 39.5 Å². The molecule has 220 valence electrons. The lowest BCUT2D eigenvalue weighted by molar-refractivity contribution is 0.0225. The number of nitrogens with zero attached hydrogens (tertiary/aromatic N) is 2. The minimum atomic E-state index is -1.17. The molecule has 0 fully saturated rings. The Labute approximate surface area is 259 Å². The highest BCUT2D eigenvalue weighted by Crippen LogP contribution is 2.60. The van der Waals surface area contributed by atoms with Crippen LogP contribution in [-0.2, 0) is 23.4 Å². The molecule has 2 aliphatic rings. The van der Waals surface area contributed by atoms with Crippen LogP contribution in [0.5, 0.6) is 11.5 Å². The lowest BCUT2D eigenvalue weighted by Gasteiger charge is -2.39. The van der Waals surface area contributed by atoms with Crippen LogP contribution in [0.4, 0.5) is 11.4 Å². The Hall–Kier alpha value is -5.03. The zero-order valence-corrected chi connectivity index (χ0v) is 25.4. The molecule has 0 saturated heterocycles. The summed E-state index contributed by atoms with van der Waals surface area (Å²) in [5.74, 6) is 1.08. The normalized spacial score (nSPS) is 13.8. The highest BCUT2D eigenvalue weighted by molar-refractivity contribution is 6.05. The van der Waals surface area contributed by atoms with Crippen LogP contribution in [0.15, 0.2) is 115 Å². The predicted octanol–water partition coefficient (Wildman–Crippen LogP) is 8.62. The first-order chi connectivity index (χ1) is 21.5. The van der Waals surface area contributed by atoms with Gasteiger partial charge in [-0.3, -0.25) is 0 Å². The fourth-order valence-electron chi connectivity index (χ4n) is 6.95. The number of hydrogen-bond donors (Lipinski definition) is 0. The third kappa shape index (κ3) is 4.43. The summed E-state index contributed by atoms with van der Waals surface area (Å²) in [7, 11) is 0. The summed E-state index contributed by atoms with van der Waals surface area (Å²) in [5.41, 5.74) is 7.37. The first-order valence-corrected chi connectivity index (χ1v) is 15.4. The maximum Gasteiger partial charge on any atom is 0.342 e. The van der Waals surface area contributed by atoms with E-state index < -0.39 is 5.60 Å². The number of ether oxygens (including phenoxy) is 2. The molecule has 0 atom stereocenters.